The minimum absolute atomic E-state index is 0.00820. The Morgan fingerprint density at radius 1 is 1.22 bits per heavy atom. The summed E-state index contributed by atoms with van der Waals surface area (Å²) >= 11 is 0. The van der Waals surface area contributed by atoms with Crippen molar-refractivity contribution < 1.29 is 4.74 Å². The number of ether oxygens (including phenoxy) is 1. The highest BCUT2D eigenvalue weighted by Crippen LogP contribution is 2.14. The Kier molecular flexibility index (Phi) is 4.25. The second-order valence-corrected chi connectivity index (χ2v) is 4.14. The fraction of sp³-hybridized carbons (Fsp3) is 0.286. The van der Waals surface area contributed by atoms with E-state index in [0.29, 0.717) is 12.5 Å². The van der Waals surface area contributed by atoms with E-state index in [4.69, 9.17) is 10.5 Å². The van der Waals surface area contributed by atoms with Crippen LogP contribution in [0.25, 0.3) is 0 Å². The van der Waals surface area contributed by atoms with E-state index in [0.717, 1.165) is 17.7 Å². The molecule has 0 bridgehead atoms. The maximum Gasteiger partial charge on any atom is 0.213 e. The van der Waals surface area contributed by atoms with Gasteiger partial charge in [-0.15, -0.1) is 0 Å². The van der Waals surface area contributed by atoms with E-state index in [2.05, 4.69) is 9.97 Å². The normalized spacial score (nSPS) is 12.1. The van der Waals surface area contributed by atoms with Crippen LogP contribution in [0.5, 0.6) is 5.88 Å². The van der Waals surface area contributed by atoms with E-state index in [1.54, 1.807) is 12.4 Å². The molecule has 0 saturated carbocycles. The zero-order chi connectivity index (χ0) is 12.8. The molecule has 0 spiro atoms. The highest BCUT2D eigenvalue weighted by molar-refractivity contribution is 5.22. The van der Waals surface area contributed by atoms with Crippen molar-refractivity contribution in [2.45, 2.75) is 19.4 Å². The molecular formula is C14H17N3O. The Bertz CT molecular complexity index is 485. The molecule has 0 fully saturated rings. The highest BCUT2D eigenvalue weighted by atomic mass is 16.5. The number of hydrogen-bond acceptors (Lipinski definition) is 4. The number of rotatable bonds is 5. The van der Waals surface area contributed by atoms with Gasteiger partial charge in [-0.1, -0.05) is 6.07 Å². The average Bonchev–Trinajstić information content (AvgIpc) is 2.40. The second-order valence-electron chi connectivity index (χ2n) is 4.14. The lowest BCUT2D eigenvalue weighted by Crippen LogP contribution is -2.07. The summed E-state index contributed by atoms with van der Waals surface area (Å²) in [5.41, 5.74) is 7.85. The van der Waals surface area contributed by atoms with Crippen LogP contribution in [0.1, 0.15) is 24.2 Å². The molecule has 2 rings (SSSR count). The Morgan fingerprint density at radius 2 is 2.11 bits per heavy atom. The first-order valence-electron chi connectivity index (χ1n) is 6.00. The van der Waals surface area contributed by atoms with Gasteiger partial charge in [-0.05, 0) is 30.7 Å². The second kappa shape index (κ2) is 6.12. The molecule has 0 radical (unpaired) electrons. The molecule has 0 aliphatic rings. The molecule has 0 aliphatic heterocycles. The number of hydrogen-bond donors (Lipinski definition) is 1. The van der Waals surface area contributed by atoms with Gasteiger partial charge in [0.1, 0.15) is 0 Å². The van der Waals surface area contributed by atoms with Crippen LogP contribution in [0.3, 0.4) is 0 Å². The summed E-state index contributed by atoms with van der Waals surface area (Å²) in [6.45, 7) is 2.50. The maximum absolute atomic E-state index is 5.81. The van der Waals surface area contributed by atoms with Crippen LogP contribution in [-0.2, 0) is 6.42 Å². The third kappa shape index (κ3) is 3.53. The summed E-state index contributed by atoms with van der Waals surface area (Å²) in [4.78, 5) is 8.39. The van der Waals surface area contributed by atoms with E-state index in [-0.39, 0.29) is 6.04 Å². The fourth-order valence-corrected chi connectivity index (χ4v) is 1.59. The standard InChI is InChI=1S/C14H17N3O/c1-11(15)12-5-8-17-14(10-12)18-9-6-13-4-2-3-7-16-13/h2-5,7-8,10-11H,6,9,15H2,1H3/t11-/m0/s1. The van der Waals surface area contributed by atoms with E-state index < -0.39 is 0 Å². The molecule has 2 N–H and O–H groups in total. The summed E-state index contributed by atoms with van der Waals surface area (Å²) in [6, 6.07) is 9.62. The molecule has 2 heterocycles. The van der Waals surface area contributed by atoms with E-state index in [1.807, 2.05) is 37.3 Å². The summed E-state index contributed by atoms with van der Waals surface area (Å²) in [6.07, 6.45) is 4.27. The lowest BCUT2D eigenvalue weighted by molar-refractivity contribution is 0.307. The van der Waals surface area contributed by atoms with Gasteiger partial charge < -0.3 is 10.5 Å². The highest BCUT2D eigenvalue weighted by Gasteiger charge is 2.02. The first-order valence-corrected chi connectivity index (χ1v) is 6.00. The zero-order valence-corrected chi connectivity index (χ0v) is 10.4. The molecule has 0 aliphatic carbocycles. The fourth-order valence-electron chi connectivity index (χ4n) is 1.59. The van der Waals surface area contributed by atoms with E-state index in [1.165, 1.54) is 0 Å². The molecule has 0 aromatic carbocycles. The Balaban J connectivity index is 1.89. The number of aromatic nitrogens is 2. The van der Waals surface area contributed by atoms with Gasteiger partial charge in [0.2, 0.25) is 5.88 Å². The zero-order valence-electron chi connectivity index (χ0n) is 10.4. The van der Waals surface area contributed by atoms with Gasteiger partial charge in [-0.3, -0.25) is 4.98 Å². The van der Waals surface area contributed by atoms with Gasteiger partial charge >= 0.3 is 0 Å². The predicted molar refractivity (Wildman–Crippen MR) is 70.3 cm³/mol. The van der Waals surface area contributed by atoms with Crippen LogP contribution in [0.15, 0.2) is 42.7 Å². The first-order chi connectivity index (χ1) is 8.75. The third-order valence-corrected chi connectivity index (χ3v) is 2.62. The van der Waals surface area contributed by atoms with E-state index in [9.17, 15) is 0 Å². The average molecular weight is 243 g/mol. The Hall–Kier alpha value is -1.94. The predicted octanol–water partition coefficient (Wildman–Crippen LogP) is 2.12. The molecule has 94 valence electrons. The minimum Gasteiger partial charge on any atom is -0.477 e. The monoisotopic (exact) mass is 243 g/mol. The number of nitrogens with zero attached hydrogens (tertiary/aromatic N) is 2. The van der Waals surface area contributed by atoms with Crippen molar-refractivity contribution >= 4 is 0 Å². The molecule has 2 aromatic heterocycles. The molecule has 18 heavy (non-hydrogen) atoms. The van der Waals surface area contributed by atoms with Gasteiger partial charge in [0, 0.05) is 36.6 Å². The number of nitrogens with two attached hydrogens (primary N) is 1. The van der Waals surface area contributed by atoms with Crippen LogP contribution >= 0.6 is 0 Å². The van der Waals surface area contributed by atoms with Crippen molar-refractivity contribution in [1.29, 1.82) is 0 Å². The van der Waals surface area contributed by atoms with Crippen molar-refractivity contribution in [3.05, 3.63) is 54.0 Å². The maximum atomic E-state index is 5.81. The quantitative estimate of drug-likeness (QED) is 0.873. The summed E-state index contributed by atoms with van der Waals surface area (Å²) in [7, 11) is 0. The van der Waals surface area contributed by atoms with Crippen LogP contribution < -0.4 is 10.5 Å². The van der Waals surface area contributed by atoms with Gasteiger partial charge in [-0.25, -0.2) is 4.98 Å². The van der Waals surface area contributed by atoms with Crippen molar-refractivity contribution in [3.8, 4) is 5.88 Å². The van der Waals surface area contributed by atoms with Crippen LogP contribution in [0.2, 0.25) is 0 Å². The Morgan fingerprint density at radius 3 is 2.83 bits per heavy atom. The largest absolute Gasteiger partial charge is 0.477 e. The van der Waals surface area contributed by atoms with E-state index >= 15 is 0 Å². The molecule has 1 atom stereocenters. The van der Waals surface area contributed by atoms with Crippen molar-refractivity contribution in [3.63, 3.8) is 0 Å². The molecule has 4 heteroatoms. The van der Waals surface area contributed by atoms with Crippen LogP contribution in [-0.4, -0.2) is 16.6 Å². The van der Waals surface area contributed by atoms with Gasteiger partial charge in [-0.2, -0.15) is 0 Å². The number of pyridine rings is 2. The van der Waals surface area contributed by atoms with Crippen LogP contribution in [0, 0.1) is 0 Å². The SMILES string of the molecule is C[C@H](N)c1ccnc(OCCc2ccccn2)c1. The van der Waals surface area contributed by atoms with Gasteiger partial charge in [0.25, 0.3) is 0 Å². The molecule has 0 amide bonds. The summed E-state index contributed by atoms with van der Waals surface area (Å²) < 4.78 is 5.59. The summed E-state index contributed by atoms with van der Waals surface area (Å²) in [5.74, 6) is 0.612. The molecule has 0 unspecified atom stereocenters. The topological polar surface area (TPSA) is 61.0 Å². The Labute approximate surface area is 107 Å². The first kappa shape index (κ1) is 12.5. The lowest BCUT2D eigenvalue weighted by Gasteiger charge is -2.08. The van der Waals surface area contributed by atoms with Crippen LogP contribution in [0.4, 0.5) is 0 Å². The van der Waals surface area contributed by atoms with Crippen molar-refractivity contribution in [2.75, 3.05) is 6.61 Å². The molecule has 2 aromatic rings. The lowest BCUT2D eigenvalue weighted by atomic mass is 10.1. The minimum atomic E-state index is -0.00820. The van der Waals surface area contributed by atoms with Gasteiger partial charge in [0.05, 0.1) is 6.61 Å². The smallest absolute Gasteiger partial charge is 0.213 e. The summed E-state index contributed by atoms with van der Waals surface area (Å²) in [5, 5.41) is 0. The van der Waals surface area contributed by atoms with Crippen molar-refractivity contribution in [2.24, 2.45) is 5.73 Å². The third-order valence-electron chi connectivity index (χ3n) is 2.62. The molecule has 0 saturated heterocycles. The van der Waals surface area contributed by atoms with Gasteiger partial charge in [0.15, 0.2) is 0 Å². The molecule has 4 nitrogen and oxygen atoms in total. The molecular weight excluding hydrogens is 226 g/mol. The van der Waals surface area contributed by atoms with Crippen molar-refractivity contribution in [1.82, 2.24) is 9.97 Å².